The Morgan fingerprint density at radius 1 is 0.900 bits per heavy atom. The number of hydrogen-bond donors (Lipinski definition) is 2. The van der Waals surface area contributed by atoms with Crippen molar-refractivity contribution in [1.29, 1.82) is 0 Å². The molecule has 0 saturated heterocycles. The van der Waals surface area contributed by atoms with E-state index < -0.39 is 4.92 Å². The number of rotatable bonds is 7. The van der Waals surface area contributed by atoms with Crippen LogP contribution in [0.5, 0.6) is 0 Å². The highest BCUT2D eigenvalue weighted by Gasteiger charge is 2.14. The fraction of sp³-hybridized carbons (Fsp3) is 0.130. The lowest BCUT2D eigenvalue weighted by Gasteiger charge is -2.12. The number of carbonyl (C=O) groups is 2. The summed E-state index contributed by atoms with van der Waals surface area (Å²) in [5.41, 5.74) is 3.50. The number of non-ortho nitro benzene ring substituents is 1. The van der Waals surface area contributed by atoms with Gasteiger partial charge in [0.15, 0.2) is 0 Å². The molecule has 152 valence electrons. The molecule has 0 spiro atoms. The van der Waals surface area contributed by atoms with E-state index in [9.17, 15) is 19.7 Å². The van der Waals surface area contributed by atoms with Crippen LogP contribution in [-0.4, -0.2) is 16.7 Å². The molecule has 0 aromatic heterocycles. The van der Waals surface area contributed by atoms with E-state index in [1.165, 1.54) is 24.3 Å². The lowest BCUT2D eigenvalue weighted by molar-refractivity contribution is -0.384. The van der Waals surface area contributed by atoms with Gasteiger partial charge in [-0.05, 0) is 30.2 Å². The fourth-order valence-corrected chi connectivity index (χ4v) is 2.89. The van der Waals surface area contributed by atoms with Gasteiger partial charge in [0.05, 0.1) is 22.6 Å². The molecular weight excluding hydrogens is 382 g/mol. The normalized spacial score (nSPS) is 10.3. The average Bonchev–Trinajstić information content (AvgIpc) is 2.74. The molecule has 0 saturated carbocycles. The van der Waals surface area contributed by atoms with E-state index in [1.807, 2.05) is 31.2 Å². The van der Waals surface area contributed by atoms with Gasteiger partial charge in [0.2, 0.25) is 5.91 Å². The molecule has 0 fully saturated rings. The van der Waals surface area contributed by atoms with Gasteiger partial charge >= 0.3 is 0 Å². The summed E-state index contributed by atoms with van der Waals surface area (Å²) < 4.78 is 0. The second-order valence-corrected chi connectivity index (χ2v) is 6.86. The number of aryl methyl sites for hydroxylation is 1. The van der Waals surface area contributed by atoms with Crippen LogP contribution >= 0.6 is 0 Å². The van der Waals surface area contributed by atoms with E-state index in [0.29, 0.717) is 23.4 Å². The Labute approximate surface area is 173 Å². The molecule has 3 aromatic rings. The van der Waals surface area contributed by atoms with E-state index in [-0.39, 0.29) is 23.9 Å². The molecule has 2 amide bonds. The van der Waals surface area contributed by atoms with Gasteiger partial charge < -0.3 is 10.6 Å². The number of nitrogens with zero attached hydrogens (tertiary/aromatic N) is 1. The van der Waals surface area contributed by atoms with Crippen molar-refractivity contribution in [2.45, 2.75) is 19.9 Å². The van der Waals surface area contributed by atoms with Crippen LogP contribution in [0.3, 0.4) is 0 Å². The third-order valence-electron chi connectivity index (χ3n) is 4.53. The number of benzene rings is 3. The van der Waals surface area contributed by atoms with E-state index in [2.05, 4.69) is 10.6 Å². The van der Waals surface area contributed by atoms with Gasteiger partial charge in [-0.3, -0.25) is 19.7 Å². The number of nitro benzene ring substituents is 1. The quantitative estimate of drug-likeness (QED) is 0.460. The lowest BCUT2D eigenvalue weighted by atomic mass is 10.1. The van der Waals surface area contributed by atoms with Crippen LogP contribution in [0.2, 0.25) is 0 Å². The highest BCUT2D eigenvalue weighted by atomic mass is 16.6. The zero-order valence-electron chi connectivity index (χ0n) is 16.4. The predicted molar refractivity (Wildman–Crippen MR) is 114 cm³/mol. The molecule has 0 aliphatic rings. The van der Waals surface area contributed by atoms with Gasteiger partial charge in [-0.15, -0.1) is 0 Å². The zero-order valence-corrected chi connectivity index (χ0v) is 16.4. The van der Waals surface area contributed by atoms with Crippen molar-refractivity contribution in [1.82, 2.24) is 5.32 Å². The van der Waals surface area contributed by atoms with Crippen LogP contribution in [0.15, 0.2) is 72.8 Å². The molecular formula is C23H21N3O4. The summed E-state index contributed by atoms with van der Waals surface area (Å²) in [7, 11) is 0. The monoisotopic (exact) mass is 403 g/mol. The minimum atomic E-state index is -0.491. The van der Waals surface area contributed by atoms with Crippen molar-refractivity contribution < 1.29 is 14.5 Å². The van der Waals surface area contributed by atoms with E-state index in [1.54, 1.807) is 24.3 Å². The van der Waals surface area contributed by atoms with Gasteiger partial charge in [-0.1, -0.05) is 54.1 Å². The second-order valence-electron chi connectivity index (χ2n) is 6.86. The number of nitro groups is 1. The maximum absolute atomic E-state index is 12.6. The summed E-state index contributed by atoms with van der Waals surface area (Å²) in [6, 6.07) is 20.4. The Hall–Kier alpha value is -4.00. The SMILES string of the molecule is Cc1ccc(CNC(=O)c2ccccc2NC(=O)Cc2ccc([N+](=O)[O-])cc2)cc1. The molecule has 30 heavy (non-hydrogen) atoms. The molecule has 2 N–H and O–H groups in total. The molecule has 0 aliphatic heterocycles. The van der Waals surface area contributed by atoms with Gasteiger partial charge in [0, 0.05) is 18.7 Å². The third kappa shape index (κ3) is 5.51. The Balaban J connectivity index is 1.63. The summed E-state index contributed by atoms with van der Waals surface area (Å²) in [6.45, 7) is 2.38. The summed E-state index contributed by atoms with van der Waals surface area (Å²) in [5, 5.41) is 16.3. The van der Waals surface area contributed by atoms with Gasteiger partial charge in [-0.25, -0.2) is 0 Å². The predicted octanol–water partition coefficient (Wildman–Crippen LogP) is 4.01. The molecule has 0 radical (unpaired) electrons. The van der Waals surface area contributed by atoms with Crippen molar-refractivity contribution >= 4 is 23.2 Å². The van der Waals surface area contributed by atoms with Crippen molar-refractivity contribution in [2.75, 3.05) is 5.32 Å². The van der Waals surface area contributed by atoms with Crippen LogP contribution in [0, 0.1) is 17.0 Å². The maximum atomic E-state index is 12.6. The van der Waals surface area contributed by atoms with Crippen LogP contribution in [0.1, 0.15) is 27.0 Å². The minimum Gasteiger partial charge on any atom is -0.348 e. The number of amides is 2. The van der Waals surface area contributed by atoms with Crippen molar-refractivity contribution in [2.24, 2.45) is 0 Å². The summed E-state index contributed by atoms with van der Waals surface area (Å²) >= 11 is 0. The summed E-state index contributed by atoms with van der Waals surface area (Å²) in [4.78, 5) is 35.3. The average molecular weight is 403 g/mol. The molecule has 7 heteroatoms. The standard InChI is InChI=1S/C23H21N3O4/c1-16-6-8-18(9-7-16)15-24-23(28)20-4-2-3-5-21(20)25-22(27)14-17-10-12-19(13-11-17)26(29)30/h2-13H,14-15H2,1H3,(H,24,28)(H,25,27). The molecule has 7 nitrogen and oxygen atoms in total. The maximum Gasteiger partial charge on any atom is 0.269 e. The Kier molecular flexibility index (Phi) is 6.54. The first kappa shape index (κ1) is 20.7. The van der Waals surface area contributed by atoms with Crippen molar-refractivity contribution in [3.8, 4) is 0 Å². The van der Waals surface area contributed by atoms with Crippen molar-refractivity contribution in [3.63, 3.8) is 0 Å². The zero-order chi connectivity index (χ0) is 21.5. The Morgan fingerprint density at radius 3 is 2.20 bits per heavy atom. The highest BCUT2D eigenvalue weighted by molar-refractivity contribution is 6.04. The Morgan fingerprint density at radius 2 is 1.53 bits per heavy atom. The number of anilines is 1. The number of carbonyl (C=O) groups excluding carboxylic acids is 2. The number of para-hydroxylation sites is 1. The van der Waals surface area contributed by atoms with E-state index >= 15 is 0 Å². The molecule has 0 bridgehead atoms. The minimum absolute atomic E-state index is 0.0326. The molecule has 0 atom stereocenters. The van der Waals surface area contributed by atoms with Crippen LogP contribution in [0.25, 0.3) is 0 Å². The third-order valence-corrected chi connectivity index (χ3v) is 4.53. The van der Waals surface area contributed by atoms with Gasteiger partial charge in [-0.2, -0.15) is 0 Å². The molecule has 3 rings (SSSR count). The van der Waals surface area contributed by atoms with E-state index in [0.717, 1.165) is 11.1 Å². The fourth-order valence-electron chi connectivity index (χ4n) is 2.89. The molecule has 0 unspecified atom stereocenters. The first-order valence-corrected chi connectivity index (χ1v) is 9.38. The van der Waals surface area contributed by atoms with Crippen molar-refractivity contribution in [3.05, 3.63) is 105 Å². The molecule has 3 aromatic carbocycles. The first-order valence-electron chi connectivity index (χ1n) is 9.38. The van der Waals surface area contributed by atoms with Crippen LogP contribution in [0.4, 0.5) is 11.4 Å². The number of hydrogen-bond acceptors (Lipinski definition) is 4. The molecule has 0 aliphatic carbocycles. The Bertz CT molecular complexity index is 1060. The largest absolute Gasteiger partial charge is 0.348 e. The smallest absolute Gasteiger partial charge is 0.269 e. The van der Waals surface area contributed by atoms with Gasteiger partial charge in [0.1, 0.15) is 0 Å². The summed E-state index contributed by atoms with van der Waals surface area (Å²) in [6.07, 6.45) is 0.0390. The van der Waals surface area contributed by atoms with E-state index in [4.69, 9.17) is 0 Å². The van der Waals surface area contributed by atoms with Gasteiger partial charge in [0.25, 0.3) is 11.6 Å². The highest BCUT2D eigenvalue weighted by Crippen LogP contribution is 2.17. The topological polar surface area (TPSA) is 101 Å². The van der Waals surface area contributed by atoms with Crippen LogP contribution in [-0.2, 0) is 17.8 Å². The number of nitrogens with one attached hydrogen (secondary N) is 2. The molecule has 0 heterocycles. The first-order chi connectivity index (χ1) is 14.4. The van der Waals surface area contributed by atoms with Crippen LogP contribution < -0.4 is 10.6 Å². The summed E-state index contributed by atoms with van der Waals surface area (Å²) in [5.74, 6) is -0.607. The lowest BCUT2D eigenvalue weighted by Crippen LogP contribution is -2.25. The second kappa shape index (κ2) is 9.47.